The highest BCUT2D eigenvalue weighted by atomic mass is 28.4. The smallest absolute Gasteiger partial charge is 0.220 e. The summed E-state index contributed by atoms with van der Waals surface area (Å²) in [4.78, 5) is 0. The van der Waals surface area contributed by atoms with Gasteiger partial charge in [0.05, 0.1) is 0 Å². The van der Waals surface area contributed by atoms with E-state index < -0.39 is 8.32 Å². The average Bonchev–Trinajstić information content (AvgIpc) is 2.06. The zero-order valence-corrected chi connectivity index (χ0v) is 9.73. The fraction of sp³-hybridized carbons (Fsp3) is 1.00. The van der Waals surface area contributed by atoms with Crippen molar-refractivity contribution in [1.29, 1.82) is 0 Å². The van der Waals surface area contributed by atoms with Crippen molar-refractivity contribution >= 4 is 8.32 Å². The summed E-state index contributed by atoms with van der Waals surface area (Å²) in [6, 6.07) is 3.68. The minimum absolute atomic E-state index is 1.21. The van der Waals surface area contributed by atoms with E-state index in [2.05, 4.69) is 20.8 Å². The van der Waals surface area contributed by atoms with Crippen molar-refractivity contribution in [3.8, 4) is 0 Å². The lowest BCUT2D eigenvalue weighted by Gasteiger charge is -2.27. The van der Waals surface area contributed by atoms with Gasteiger partial charge >= 0.3 is 0 Å². The van der Waals surface area contributed by atoms with Gasteiger partial charge in [-0.25, -0.2) is 5.90 Å². The maximum atomic E-state index is 5.43. The first kappa shape index (κ1) is 12.1. The van der Waals surface area contributed by atoms with E-state index in [1.165, 1.54) is 37.4 Å². The summed E-state index contributed by atoms with van der Waals surface area (Å²) in [5, 5.41) is 0. The zero-order valence-electron chi connectivity index (χ0n) is 8.73. The molecule has 74 valence electrons. The molecular formula is C9H23NOSi. The Morgan fingerprint density at radius 1 is 0.917 bits per heavy atom. The molecule has 0 fully saturated rings. The van der Waals surface area contributed by atoms with Crippen LogP contribution in [-0.4, -0.2) is 8.32 Å². The second kappa shape index (κ2) is 6.63. The van der Waals surface area contributed by atoms with Gasteiger partial charge in [-0.1, -0.05) is 40.0 Å². The summed E-state index contributed by atoms with van der Waals surface area (Å²) < 4.78 is 5.30. The van der Waals surface area contributed by atoms with Crippen molar-refractivity contribution in [3.05, 3.63) is 0 Å². The molecule has 0 atom stereocenters. The Morgan fingerprint density at radius 2 is 1.25 bits per heavy atom. The topological polar surface area (TPSA) is 35.2 Å². The molecular weight excluding hydrogens is 166 g/mol. The second-order valence-corrected chi connectivity index (χ2v) is 7.65. The molecule has 0 aromatic carbocycles. The Hall–Kier alpha value is 0.137. The molecule has 0 aliphatic rings. The molecule has 0 amide bonds. The van der Waals surface area contributed by atoms with Crippen LogP contribution < -0.4 is 5.90 Å². The number of hydrogen-bond acceptors (Lipinski definition) is 2. The minimum Gasteiger partial charge on any atom is -0.348 e. The van der Waals surface area contributed by atoms with Crippen LogP contribution >= 0.6 is 0 Å². The third kappa shape index (κ3) is 3.69. The van der Waals surface area contributed by atoms with Crippen molar-refractivity contribution in [3.63, 3.8) is 0 Å². The van der Waals surface area contributed by atoms with Gasteiger partial charge in [0.15, 0.2) is 0 Å². The molecule has 0 aromatic rings. The Balaban J connectivity index is 4.06. The summed E-state index contributed by atoms with van der Waals surface area (Å²) in [7, 11) is -1.49. The second-order valence-electron chi connectivity index (χ2n) is 3.55. The van der Waals surface area contributed by atoms with E-state index in [4.69, 9.17) is 10.4 Å². The predicted octanol–water partition coefficient (Wildman–Crippen LogP) is 3.05. The normalized spacial score (nSPS) is 12.0. The molecule has 0 aliphatic heterocycles. The van der Waals surface area contributed by atoms with Crippen LogP contribution in [0.3, 0.4) is 0 Å². The summed E-state index contributed by atoms with van der Waals surface area (Å²) in [5.41, 5.74) is 0. The highest BCUT2D eigenvalue weighted by molar-refractivity contribution is 6.73. The monoisotopic (exact) mass is 189 g/mol. The Bertz CT molecular complexity index is 91.7. The average molecular weight is 189 g/mol. The molecule has 0 unspecified atom stereocenters. The fourth-order valence-electron chi connectivity index (χ4n) is 1.92. The number of nitrogens with two attached hydrogens (primary N) is 1. The maximum absolute atomic E-state index is 5.43. The first-order chi connectivity index (χ1) is 5.74. The third-order valence-corrected chi connectivity index (χ3v) is 7.10. The quantitative estimate of drug-likeness (QED) is 0.493. The van der Waals surface area contributed by atoms with Crippen molar-refractivity contribution in [2.24, 2.45) is 5.90 Å². The zero-order chi connectivity index (χ0) is 9.45. The molecule has 0 radical (unpaired) electrons. The highest BCUT2D eigenvalue weighted by Crippen LogP contribution is 2.25. The molecule has 0 aromatic heterocycles. The Kier molecular flexibility index (Phi) is 6.71. The van der Waals surface area contributed by atoms with Crippen LogP contribution in [0.15, 0.2) is 0 Å². The molecule has 2 nitrogen and oxygen atoms in total. The third-order valence-electron chi connectivity index (χ3n) is 2.37. The molecule has 0 spiro atoms. The molecule has 0 aliphatic carbocycles. The van der Waals surface area contributed by atoms with Gasteiger partial charge in [0.25, 0.3) is 0 Å². The number of hydrogen-bond donors (Lipinski definition) is 1. The van der Waals surface area contributed by atoms with Crippen molar-refractivity contribution in [1.82, 2.24) is 0 Å². The van der Waals surface area contributed by atoms with Crippen LogP contribution in [-0.2, 0) is 4.53 Å². The molecule has 0 saturated carbocycles. The van der Waals surface area contributed by atoms with Gasteiger partial charge in [0.2, 0.25) is 8.32 Å². The van der Waals surface area contributed by atoms with Gasteiger partial charge < -0.3 is 4.53 Å². The van der Waals surface area contributed by atoms with Crippen LogP contribution in [0.2, 0.25) is 18.1 Å². The molecule has 2 N–H and O–H groups in total. The predicted molar refractivity (Wildman–Crippen MR) is 56.3 cm³/mol. The molecule has 0 bridgehead atoms. The van der Waals surface area contributed by atoms with Crippen LogP contribution in [0.5, 0.6) is 0 Å². The van der Waals surface area contributed by atoms with E-state index in [0.29, 0.717) is 0 Å². The lowest BCUT2D eigenvalue weighted by Crippen LogP contribution is -2.40. The van der Waals surface area contributed by atoms with Crippen molar-refractivity contribution < 1.29 is 4.53 Å². The van der Waals surface area contributed by atoms with Gasteiger partial charge in [0, 0.05) is 0 Å². The lowest BCUT2D eigenvalue weighted by atomic mass is 10.6. The summed E-state index contributed by atoms with van der Waals surface area (Å²) in [6.07, 6.45) is 3.64. The summed E-state index contributed by atoms with van der Waals surface area (Å²) >= 11 is 0. The van der Waals surface area contributed by atoms with E-state index in [0.717, 1.165) is 0 Å². The van der Waals surface area contributed by atoms with Crippen LogP contribution in [0.1, 0.15) is 40.0 Å². The largest absolute Gasteiger partial charge is 0.348 e. The van der Waals surface area contributed by atoms with Crippen LogP contribution in [0.25, 0.3) is 0 Å². The van der Waals surface area contributed by atoms with E-state index in [1.807, 2.05) is 0 Å². The van der Waals surface area contributed by atoms with Gasteiger partial charge in [-0.15, -0.1) is 0 Å². The SMILES string of the molecule is CCC[Si](CCC)(CCC)ON. The molecule has 12 heavy (non-hydrogen) atoms. The van der Waals surface area contributed by atoms with E-state index >= 15 is 0 Å². The van der Waals surface area contributed by atoms with Crippen molar-refractivity contribution in [2.75, 3.05) is 0 Å². The van der Waals surface area contributed by atoms with E-state index in [9.17, 15) is 0 Å². The van der Waals surface area contributed by atoms with Crippen molar-refractivity contribution in [2.45, 2.75) is 58.2 Å². The fourth-order valence-corrected chi connectivity index (χ4v) is 5.76. The van der Waals surface area contributed by atoms with Gasteiger partial charge in [-0.3, -0.25) is 0 Å². The number of rotatable bonds is 7. The molecule has 0 saturated heterocycles. The standard InChI is InChI=1S/C9H23NOSi/c1-4-7-12(11-10,8-5-2)9-6-3/h4-10H2,1-3H3. The summed E-state index contributed by atoms with van der Waals surface area (Å²) in [6.45, 7) is 6.64. The van der Waals surface area contributed by atoms with Crippen LogP contribution in [0.4, 0.5) is 0 Å². The van der Waals surface area contributed by atoms with Gasteiger partial charge in [-0.2, -0.15) is 0 Å². The highest BCUT2D eigenvalue weighted by Gasteiger charge is 2.31. The van der Waals surface area contributed by atoms with E-state index in [1.54, 1.807) is 0 Å². The Morgan fingerprint density at radius 3 is 1.42 bits per heavy atom. The molecule has 0 rings (SSSR count). The minimum atomic E-state index is -1.49. The molecule has 0 heterocycles. The lowest BCUT2D eigenvalue weighted by molar-refractivity contribution is 0.309. The van der Waals surface area contributed by atoms with Crippen LogP contribution in [0, 0.1) is 0 Å². The maximum Gasteiger partial charge on any atom is 0.220 e. The summed E-state index contributed by atoms with van der Waals surface area (Å²) in [5.74, 6) is 5.43. The Labute approximate surface area is 77.6 Å². The van der Waals surface area contributed by atoms with E-state index in [-0.39, 0.29) is 0 Å². The first-order valence-corrected chi connectivity index (χ1v) is 7.65. The first-order valence-electron chi connectivity index (χ1n) is 5.12. The van der Waals surface area contributed by atoms with Gasteiger partial charge in [0.1, 0.15) is 0 Å². The van der Waals surface area contributed by atoms with Gasteiger partial charge in [-0.05, 0) is 18.1 Å². The molecule has 3 heteroatoms.